The van der Waals surface area contributed by atoms with E-state index in [1.165, 1.54) is 0 Å². The van der Waals surface area contributed by atoms with Crippen molar-refractivity contribution in [1.29, 1.82) is 0 Å². The Balaban J connectivity index is 0.000000850. The summed E-state index contributed by atoms with van der Waals surface area (Å²) in [5.41, 5.74) is 1.89. The smallest absolute Gasteiger partial charge is 0.333 e. The lowest BCUT2D eigenvalue weighted by Crippen LogP contribution is -2.32. The molecule has 0 N–H and O–H groups in total. The minimum atomic E-state index is -0.778. The van der Waals surface area contributed by atoms with Gasteiger partial charge in [0.1, 0.15) is 25.9 Å². The summed E-state index contributed by atoms with van der Waals surface area (Å²) in [4.78, 5) is 73.5. The highest BCUT2D eigenvalue weighted by molar-refractivity contribution is 9.10. The number of halogens is 2. The SMILES string of the molecule is CC.CC.CC(=O)CCc1ccc(OC(=O)C(C)(C)Br)cc1.CC(C)(Br)C(=O)Oc1ccc(CCC(=O)ON2C(=O)CCC2=O)cc1. The molecule has 1 saturated heterocycles. The molecule has 1 aliphatic rings. The van der Waals surface area contributed by atoms with E-state index in [0.717, 1.165) is 11.1 Å². The summed E-state index contributed by atoms with van der Waals surface area (Å²) in [5, 5.41) is 0.535. The average Bonchev–Trinajstić information content (AvgIpc) is 3.33. The standard InChI is InChI=1S/C17H18BrNO6.C14H17BrO3.2C2H6/c1-17(2,18)16(23)24-12-6-3-11(4-7-12)5-10-15(22)25-19-13(20)8-9-14(19)21;1-10(16)4-5-11-6-8-12(9-7-11)18-13(17)14(2,3)15;2*1-2/h3-4,6-7H,5,8-10H2,1-2H3;6-9H,4-5H2,1-3H3;2*1-2H3. The molecule has 0 radical (unpaired) electrons. The zero-order valence-corrected chi connectivity index (χ0v) is 31.9. The zero-order chi connectivity index (χ0) is 36.4. The van der Waals surface area contributed by atoms with Crippen molar-refractivity contribution in [1.82, 2.24) is 5.06 Å². The van der Waals surface area contributed by atoms with Gasteiger partial charge in [0, 0.05) is 19.3 Å². The van der Waals surface area contributed by atoms with Crippen LogP contribution in [0.5, 0.6) is 11.5 Å². The Morgan fingerprint density at radius 3 is 1.32 bits per heavy atom. The van der Waals surface area contributed by atoms with Crippen LogP contribution in [-0.2, 0) is 46.4 Å². The van der Waals surface area contributed by atoms with Crippen molar-refractivity contribution in [2.45, 2.75) is 109 Å². The molecular formula is C35H47Br2NO9. The number of hydrogen-bond donors (Lipinski definition) is 0. The monoisotopic (exact) mass is 783 g/mol. The second-order valence-electron chi connectivity index (χ2n) is 10.8. The van der Waals surface area contributed by atoms with E-state index in [2.05, 4.69) is 31.9 Å². The third-order valence-corrected chi connectivity index (χ3v) is 6.47. The first-order chi connectivity index (χ1) is 22.0. The van der Waals surface area contributed by atoms with Gasteiger partial charge in [-0.2, -0.15) is 0 Å². The molecule has 2 amide bonds. The summed E-state index contributed by atoms with van der Waals surface area (Å²) >= 11 is 6.47. The number of imide groups is 1. The Morgan fingerprint density at radius 2 is 1.00 bits per heavy atom. The van der Waals surface area contributed by atoms with Crippen LogP contribution in [0.2, 0.25) is 0 Å². The molecular weight excluding hydrogens is 738 g/mol. The number of carbonyl (C=O) groups excluding carboxylic acids is 6. The highest BCUT2D eigenvalue weighted by atomic mass is 79.9. The molecule has 0 aromatic heterocycles. The van der Waals surface area contributed by atoms with E-state index < -0.39 is 32.4 Å². The van der Waals surface area contributed by atoms with Gasteiger partial charge in [-0.1, -0.05) is 83.8 Å². The average molecular weight is 786 g/mol. The van der Waals surface area contributed by atoms with E-state index in [4.69, 9.17) is 14.3 Å². The van der Waals surface area contributed by atoms with Crippen LogP contribution in [0.25, 0.3) is 0 Å². The van der Waals surface area contributed by atoms with Crippen LogP contribution in [0.1, 0.15) is 99.1 Å². The fraction of sp³-hybridized carbons (Fsp3) is 0.486. The largest absolute Gasteiger partial charge is 0.426 e. The van der Waals surface area contributed by atoms with E-state index in [1.54, 1.807) is 71.0 Å². The summed E-state index contributed by atoms with van der Waals surface area (Å²) in [5.74, 6) is -1.32. The van der Waals surface area contributed by atoms with E-state index in [1.807, 2.05) is 39.8 Å². The molecule has 2 aromatic carbocycles. The predicted molar refractivity (Wildman–Crippen MR) is 187 cm³/mol. The van der Waals surface area contributed by atoms with Crippen LogP contribution in [-0.4, -0.2) is 49.2 Å². The van der Waals surface area contributed by atoms with E-state index in [-0.39, 0.29) is 31.0 Å². The van der Waals surface area contributed by atoms with Gasteiger partial charge in [-0.3, -0.25) is 19.2 Å². The molecule has 3 rings (SSSR count). The summed E-state index contributed by atoms with van der Waals surface area (Å²) in [6.45, 7) is 16.4. The van der Waals surface area contributed by atoms with Gasteiger partial charge in [0.05, 0.1) is 6.42 Å². The molecule has 1 aliphatic heterocycles. The number of rotatable bonds is 11. The number of aryl methyl sites for hydroxylation is 2. The van der Waals surface area contributed by atoms with Crippen molar-refractivity contribution in [3.63, 3.8) is 0 Å². The van der Waals surface area contributed by atoms with Gasteiger partial charge in [-0.15, -0.1) is 5.06 Å². The number of alkyl halides is 2. The van der Waals surface area contributed by atoms with Crippen LogP contribution in [0, 0.1) is 0 Å². The number of hydrogen-bond acceptors (Lipinski definition) is 9. The molecule has 260 valence electrons. The molecule has 0 spiro atoms. The van der Waals surface area contributed by atoms with Gasteiger partial charge in [0.15, 0.2) is 0 Å². The van der Waals surface area contributed by atoms with Crippen molar-refractivity contribution in [2.75, 3.05) is 0 Å². The second kappa shape index (κ2) is 21.5. The van der Waals surface area contributed by atoms with Gasteiger partial charge in [-0.05, 0) is 82.9 Å². The normalized spacial score (nSPS) is 12.3. The number of ether oxygens (including phenoxy) is 2. The molecule has 1 heterocycles. The number of carbonyl (C=O) groups is 6. The highest BCUT2D eigenvalue weighted by Gasteiger charge is 2.32. The van der Waals surface area contributed by atoms with Gasteiger partial charge >= 0.3 is 17.9 Å². The molecule has 47 heavy (non-hydrogen) atoms. The summed E-state index contributed by atoms with van der Waals surface area (Å²) in [6, 6.07) is 13.9. The first-order valence-electron chi connectivity index (χ1n) is 15.5. The third kappa shape index (κ3) is 17.4. The maximum Gasteiger partial charge on any atom is 0.333 e. The van der Waals surface area contributed by atoms with Gasteiger partial charge in [0.2, 0.25) is 0 Å². The number of ketones is 1. The predicted octanol–water partition coefficient (Wildman–Crippen LogP) is 7.64. The minimum Gasteiger partial charge on any atom is -0.426 e. The number of Topliss-reactive ketones (excluding diaryl/α,β-unsaturated/α-hetero) is 1. The minimum absolute atomic E-state index is 0.0185. The maximum atomic E-state index is 11.8. The Morgan fingerprint density at radius 1 is 0.660 bits per heavy atom. The first-order valence-corrected chi connectivity index (χ1v) is 17.1. The van der Waals surface area contributed by atoms with E-state index in [0.29, 0.717) is 35.8 Å². The molecule has 0 saturated carbocycles. The molecule has 12 heteroatoms. The molecule has 0 bridgehead atoms. The lowest BCUT2D eigenvalue weighted by Gasteiger charge is -2.14. The Labute approximate surface area is 295 Å². The first kappa shape index (κ1) is 43.6. The third-order valence-electron chi connectivity index (χ3n) is 5.82. The maximum absolute atomic E-state index is 11.8. The number of amides is 2. The van der Waals surface area contributed by atoms with Gasteiger partial charge in [0.25, 0.3) is 11.8 Å². The van der Waals surface area contributed by atoms with Crippen molar-refractivity contribution in [3.05, 3.63) is 59.7 Å². The Bertz CT molecular complexity index is 1310. The lowest BCUT2D eigenvalue weighted by molar-refractivity contribution is -0.197. The fourth-order valence-corrected chi connectivity index (χ4v) is 3.44. The van der Waals surface area contributed by atoms with Crippen molar-refractivity contribution in [2.24, 2.45) is 0 Å². The fourth-order valence-electron chi connectivity index (χ4n) is 3.28. The van der Waals surface area contributed by atoms with E-state index in [9.17, 15) is 28.8 Å². The molecule has 0 aliphatic carbocycles. The summed E-state index contributed by atoms with van der Waals surface area (Å²) in [7, 11) is 0. The van der Waals surface area contributed by atoms with Crippen LogP contribution in [0.3, 0.4) is 0 Å². The van der Waals surface area contributed by atoms with Gasteiger partial charge in [-0.25, -0.2) is 4.79 Å². The molecule has 1 fully saturated rings. The summed E-state index contributed by atoms with van der Waals surface area (Å²) < 4.78 is 8.95. The number of esters is 2. The molecule has 10 nitrogen and oxygen atoms in total. The Hall–Kier alpha value is -3.38. The molecule has 0 atom stereocenters. The topological polar surface area (TPSA) is 133 Å². The Kier molecular flexibility index (Phi) is 19.9. The van der Waals surface area contributed by atoms with Crippen LogP contribution >= 0.6 is 31.9 Å². The quantitative estimate of drug-likeness (QED) is 0.0976. The number of nitrogens with zero attached hydrogens (tertiary/aromatic N) is 1. The van der Waals surface area contributed by atoms with Crippen molar-refractivity contribution in [3.8, 4) is 11.5 Å². The van der Waals surface area contributed by atoms with Crippen molar-refractivity contribution < 1.29 is 43.1 Å². The van der Waals surface area contributed by atoms with Crippen molar-refractivity contribution >= 4 is 67.4 Å². The summed E-state index contributed by atoms with van der Waals surface area (Å²) in [6.07, 6.45) is 1.77. The van der Waals surface area contributed by atoms with E-state index >= 15 is 0 Å². The zero-order valence-electron chi connectivity index (χ0n) is 28.7. The molecule has 0 unspecified atom stereocenters. The molecule has 2 aromatic rings. The van der Waals surface area contributed by atoms with Crippen LogP contribution < -0.4 is 9.47 Å². The number of hydroxylamine groups is 2. The van der Waals surface area contributed by atoms with Gasteiger partial charge < -0.3 is 19.1 Å². The van der Waals surface area contributed by atoms with Crippen LogP contribution in [0.15, 0.2) is 48.5 Å². The van der Waals surface area contributed by atoms with Crippen LogP contribution in [0.4, 0.5) is 0 Å². The lowest BCUT2D eigenvalue weighted by atomic mass is 10.1. The number of benzene rings is 2. The highest BCUT2D eigenvalue weighted by Crippen LogP contribution is 2.22. The second-order valence-corrected chi connectivity index (χ2v) is 14.7.